The summed E-state index contributed by atoms with van der Waals surface area (Å²) in [5, 5.41) is 6.38. The van der Waals surface area contributed by atoms with Gasteiger partial charge in [-0.15, -0.1) is 0 Å². The standard InChI is InChI=1S/C17H20F2N4O2/c1-22-15(16(18)19)13(10-20-22)21-17(24)23-8-4-3-5-11-9-12(25-2)6-7-14(11)23/h6-7,9-10,16H,3-5,8H2,1-2H3,(H,21,24). The molecule has 2 amide bonds. The van der Waals surface area contributed by atoms with Crippen molar-refractivity contribution in [1.29, 1.82) is 0 Å². The fraction of sp³-hybridized carbons (Fsp3) is 0.412. The number of fused-ring (bicyclic) bond motifs is 1. The fourth-order valence-corrected chi connectivity index (χ4v) is 3.05. The number of carbonyl (C=O) groups is 1. The normalized spacial score (nSPS) is 14.2. The Kier molecular flexibility index (Phi) is 4.87. The maximum atomic E-state index is 13.2. The van der Waals surface area contributed by atoms with Crippen LogP contribution >= 0.6 is 0 Å². The minimum Gasteiger partial charge on any atom is -0.497 e. The Morgan fingerprint density at radius 1 is 1.36 bits per heavy atom. The summed E-state index contributed by atoms with van der Waals surface area (Å²) in [5.74, 6) is 0.730. The van der Waals surface area contributed by atoms with Gasteiger partial charge >= 0.3 is 6.03 Å². The molecule has 1 N–H and O–H groups in total. The molecular formula is C17H20F2N4O2. The molecular weight excluding hydrogens is 330 g/mol. The smallest absolute Gasteiger partial charge is 0.326 e. The molecule has 1 aliphatic heterocycles. The Hall–Kier alpha value is -2.64. The first kappa shape index (κ1) is 17.2. The maximum Gasteiger partial charge on any atom is 0.326 e. The molecule has 25 heavy (non-hydrogen) atoms. The average Bonchev–Trinajstić information content (AvgIpc) is 2.82. The molecule has 2 aromatic rings. The fourth-order valence-electron chi connectivity index (χ4n) is 3.05. The number of rotatable bonds is 3. The summed E-state index contributed by atoms with van der Waals surface area (Å²) in [7, 11) is 3.02. The zero-order chi connectivity index (χ0) is 18.0. The van der Waals surface area contributed by atoms with E-state index in [1.54, 1.807) is 18.1 Å². The second kappa shape index (κ2) is 7.08. The molecule has 1 aliphatic rings. The van der Waals surface area contributed by atoms with Crippen molar-refractivity contribution in [2.45, 2.75) is 25.7 Å². The average molecular weight is 350 g/mol. The monoisotopic (exact) mass is 350 g/mol. The number of methoxy groups -OCH3 is 1. The van der Waals surface area contributed by atoms with Crippen molar-refractivity contribution in [2.24, 2.45) is 7.05 Å². The highest BCUT2D eigenvalue weighted by Gasteiger charge is 2.25. The highest BCUT2D eigenvalue weighted by atomic mass is 19.3. The van der Waals surface area contributed by atoms with Gasteiger partial charge in [-0.05, 0) is 43.0 Å². The van der Waals surface area contributed by atoms with Gasteiger partial charge in [-0.2, -0.15) is 5.10 Å². The number of ether oxygens (including phenoxy) is 1. The van der Waals surface area contributed by atoms with Crippen LogP contribution in [-0.4, -0.2) is 29.5 Å². The van der Waals surface area contributed by atoms with Crippen molar-refractivity contribution in [1.82, 2.24) is 9.78 Å². The van der Waals surface area contributed by atoms with Crippen LogP contribution in [-0.2, 0) is 13.5 Å². The molecule has 2 heterocycles. The predicted molar refractivity (Wildman–Crippen MR) is 90.5 cm³/mol. The van der Waals surface area contributed by atoms with Crippen LogP contribution < -0.4 is 15.0 Å². The van der Waals surface area contributed by atoms with Crippen LogP contribution in [0.1, 0.15) is 30.5 Å². The van der Waals surface area contributed by atoms with Crippen LogP contribution in [0.2, 0.25) is 0 Å². The molecule has 134 valence electrons. The van der Waals surface area contributed by atoms with E-state index < -0.39 is 12.5 Å². The lowest BCUT2D eigenvalue weighted by molar-refractivity contribution is 0.141. The van der Waals surface area contributed by atoms with Gasteiger partial charge in [0.05, 0.1) is 19.0 Å². The van der Waals surface area contributed by atoms with Gasteiger partial charge in [-0.1, -0.05) is 0 Å². The van der Waals surface area contributed by atoms with Crippen molar-refractivity contribution in [3.8, 4) is 5.75 Å². The first-order valence-electron chi connectivity index (χ1n) is 8.06. The molecule has 3 rings (SSSR count). The van der Waals surface area contributed by atoms with Crippen LogP contribution in [0.5, 0.6) is 5.75 Å². The molecule has 1 aromatic carbocycles. The number of aryl methyl sites for hydroxylation is 2. The summed E-state index contributed by atoms with van der Waals surface area (Å²) in [6.07, 6.45) is 1.14. The van der Waals surface area contributed by atoms with Crippen LogP contribution in [0.15, 0.2) is 24.4 Å². The lowest BCUT2D eigenvalue weighted by Crippen LogP contribution is -2.35. The number of hydrogen-bond donors (Lipinski definition) is 1. The number of benzene rings is 1. The zero-order valence-electron chi connectivity index (χ0n) is 14.1. The van der Waals surface area contributed by atoms with Gasteiger partial charge in [-0.3, -0.25) is 9.58 Å². The number of urea groups is 1. The van der Waals surface area contributed by atoms with Crippen molar-refractivity contribution < 1.29 is 18.3 Å². The first-order chi connectivity index (χ1) is 12.0. The number of alkyl halides is 2. The molecule has 6 nitrogen and oxygen atoms in total. The second-order valence-corrected chi connectivity index (χ2v) is 5.90. The Morgan fingerprint density at radius 2 is 2.16 bits per heavy atom. The summed E-state index contributed by atoms with van der Waals surface area (Å²) in [6.45, 7) is 0.523. The summed E-state index contributed by atoms with van der Waals surface area (Å²) >= 11 is 0. The van der Waals surface area contributed by atoms with E-state index in [1.165, 1.54) is 13.2 Å². The van der Waals surface area contributed by atoms with Gasteiger partial charge < -0.3 is 10.1 Å². The summed E-state index contributed by atoms with van der Waals surface area (Å²) in [6, 6.07) is 5.09. The molecule has 0 radical (unpaired) electrons. The van der Waals surface area contributed by atoms with E-state index in [0.29, 0.717) is 6.54 Å². The third-order valence-electron chi connectivity index (χ3n) is 4.33. The molecule has 0 fully saturated rings. The Morgan fingerprint density at radius 3 is 2.88 bits per heavy atom. The predicted octanol–water partition coefficient (Wildman–Crippen LogP) is 3.74. The van der Waals surface area contributed by atoms with E-state index in [0.717, 1.165) is 40.9 Å². The van der Waals surface area contributed by atoms with Gasteiger partial charge in [0.2, 0.25) is 0 Å². The third kappa shape index (κ3) is 3.42. The van der Waals surface area contributed by atoms with Crippen molar-refractivity contribution in [2.75, 3.05) is 23.9 Å². The minimum absolute atomic E-state index is 0.0295. The molecule has 1 aromatic heterocycles. The topological polar surface area (TPSA) is 59.4 Å². The Labute approximate surface area is 144 Å². The Bertz CT molecular complexity index is 776. The lowest BCUT2D eigenvalue weighted by Gasteiger charge is -2.23. The third-order valence-corrected chi connectivity index (χ3v) is 4.33. The highest BCUT2D eigenvalue weighted by molar-refractivity contribution is 6.02. The minimum atomic E-state index is -2.72. The van der Waals surface area contributed by atoms with Gasteiger partial charge in [0.15, 0.2) is 0 Å². The molecule has 0 atom stereocenters. The van der Waals surface area contributed by atoms with Crippen LogP contribution in [0, 0.1) is 0 Å². The molecule has 0 unspecified atom stereocenters. The van der Waals surface area contributed by atoms with Gasteiger partial charge in [0, 0.05) is 19.3 Å². The second-order valence-electron chi connectivity index (χ2n) is 5.90. The number of nitrogens with one attached hydrogen (secondary N) is 1. The van der Waals surface area contributed by atoms with E-state index in [9.17, 15) is 13.6 Å². The number of amides is 2. The summed E-state index contributed by atoms with van der Waals surface area (Å²) in [4.78, 5) is 14.3. The number of anilines is 2. The van der Waals surface area contributed by atoms with E-state index in [2.05, 4.69) is 10.4 Å². The maximum absolute atomic E-state index is 13.2. The highest BCUT2D eigenvalue weighted by Crippen LogP contribution is 2.31. The van der Waals surface area contributed by atoms with E-state index in [4.69, 9.17) is 4.74 Å². The lowest BCUT2D eigenvalue weighted by atomic mass is 10.1. The van der Waals surface area contributed by atoms with Crippen LogP contribution in [0.3, 0.4) is 0 Å². The van der Waals surface area contributed by atoms with E-state index in [1.807, 2.05) is 12.1 Å². The molecule has 8 heteroatoms. The molecule has 0 aliphatic carbocycles. The molecule has 0 saturated heterocycles. The molecule has 0 bridgehead atoms. The molecule has 0 saturated carbocycles. The first-order valence-corrected chi connectivity index (χ1v) is 8.06. The number of carbonyl (C=O) groups excluding carboxylic acids is 1. The summed E-state index contributed by atoms with van der Waals surface area (Å²) in [5.41, 5.74) is 1.51. The van der Waals surface area contributed by atoms with Crippen molar-refractivity contribution in [3.05, 3.63) is 35.7 Å². The number of aromatic nitrogens is 2. The van der Waals surface area contributed by atoms with Crippen LogP contribution in [0.4, 0.5) is 25.0 Å². The SMILES string of the molecule is COc1ccc2c(c1)CCCCN2C(=O)Nc1cnn(C)c1C(F)F. The van der Waals surface area contributed by atoms with E-state index in [-0.39, 0.29) is 11.4 Å². The largest absolute Gasteiger partial charge is 0.497 e. The van der Waals surface area contributed by atoms with Gasteiger partial charge in [0.1, 0.15) is 11.4 Å². The van der Waals surface area contributed by atoms with Gasteiger partial charge in [0.25, 0.3) is 6.43 Å². The van der Waals surface area contributed by atoms with E-state index >= 15 is 0 Å². The van der Waals surface area contributed by atoms with Crippen molar-refractivity contribution >= 4 is 17.4 Å². The number of nitrogens with zero attached hydrogens (tertiary/aromatic N) is 3. The zero-order valence-corrected chi connectivity index (χ0v) is 14.1. The van der Waals surface area contributed by atoms with Crippen LogP contribution in [0.25, 0.3) is 0 Å². The quantitative estimate of drug-likeness (QED) is 0.917. The van der Waals surface area contributed by atoms with Crippen molar-refractivity contribution in [3.63, 3.8) is 0 Å². The van der Waals surface area contributed by atoms with Gasteiger partial charge in [-0.25, -0.2) is 13.6 Å². The summed E-state index contributed by atoms with van der Waals surface area (Å²) < 4.78 is 32.6. The molecule has 0 spiro atoms. The number of hydrogen-bond acceptors (Lipinski definition) is 3. The Balaban J connectivity index is 1.88. The number of halogens is 2.